The number of amides is 1. The van der Waals surface area contributed by atoms with E-state index in [1.165, 1.54) is 0 Å². The number of rotatable bonds is 3. The zero-order chi connectivity index (χ0) is 14.8. The van der Waals surface area contributed by atoms with Gasteiger partial charge >= 0.3 is 0 Å². The van der Waals surface area contributed by atoms with Gasteiger partial charge in [0.1, 0.15) is 5.65 Å². The molecule has 1 amide bonds. The third kappa shape index (κ3) is 3.13. The highest BCUT2D eigenvalue weighted by atomic mass is 79.9. The van der Waals surface area contributed by atoms with Crippen molar-refractivity contribution in [1.82, 2.24) is 9.38 Å². The third-order valence-electron chi connectivity index (χ3n) is 3.18. The summed E-state index contributed by atoms with van der Waals surface area (Å²) < 4.78 is 2.88. The molecule has 1 aromatic carbocycles. The van der Waals surface area contributed by atoms with Gasteiger partial charge in [0.2, 0.25) is 5.91 Å². The maximum absolute atomic E-state index is 12.1. The van der Waals surface area contributed by atoms with Gasteiger partial charge in [-0.25, -0.2) is 4.98 Å². The summed E-state index contributed by atoms with van der Waals surface area (Å²) in [5, 5.41) is 2.87. The maximum Gasteiger partial charge on any atom is 0.230 e. The van der Waals surface area contributed by atoms with E-state index in [4.69, 9.17) is 0 Å². The molecule has 0 atom stereocenters. The normalized spacial score (nSPS) is 10.8. The Kier molecular flexibility index (Phi) is 3.75. The zero-order valence-electron chi connectivity index (χ0n) is 11.5. The van der Waals surface area contributed by atoms with Gasteiger partial charge in [0, 0.05) is 22.6 Å². The van der Waals surface area contributed by atoms with Crippen LogP contribution in [-0.4, -0.2) is 15.3 Å². The van der Waals surface area contributed by atoms with Crippen molar-refractivity contribution in [3.05, 3.63) is 64.5 Å². The Morgan fingerprint density at radius 1 is 1.33 bits per heavy atom. The third-order valence-corrected chi connectivity index (χ3v) is 3.67. The van der Waals surface area contributed by atoms with Gasteiger partial charge in [0.25, 0.3) is 0 Å². The quantitative estimate of drug-likeness (QED) is 0.789. The highest BCUT2D eigenvalue weighted by Crippen LogP contribution is 2.16. The lowest BCUT2D eigenvalue weighted by molar-refractivity contribution is -0.115. The highest BCUT2D eigenvalue weighted by molar-refractivity contribution is 9.10. The number of halogens is 1. The van der Waals surface area contributed by atoms with Crippen molar-refractivity contribution in [2.24, 2.45) is 0 Å². The number of anilines is 1. The van der Waals surface area contributed by atoms with Crippen LogP contribution in [0, 0.1) is 6.92 Å². The number of nitrogens with one attached hydrogen (secondary N) is 1. The number of nitrogens with zero attached hydrogens (tertiary/aromatic N) is 2. The molecule has 0 bridgehead atoms. The second-order valence-corrected chi connectivity index (χ2v) is 5.81. The van der Waals surface area contributed by atoms with Crippen LogP contribution in [-0.2, 0) is 11.2 Å². The van der Waals surface area contributed by atoms with Crippen LogP contribution in [0.25, 0.3) is 5.65 Å². The minimum atomic E-state index is -0.0749. The van der Waals surface area contributed by atoms with Gasteiger partial charge in [0.05, 0.1) is 12.1 Å². The predicted octanol–water partition coefficient (Wildman–Crippen LogP) is 3.59. The Bertz CT molecular complexity index is 810. The molecule has 1 N–H and O–H groups in total. The fourth-order valence-corrected chi connectivity index (χ4v) is 2.62. The molecule has 0 aliphatic carbocycles. The summed E-state index contributed by atoms with van der Waals surface area (Å²) in [5.74, 6) is -0.0749. The molecule has 106 valence electrons. The Morgan fingerprint density at radius 3 is 2.95 bits per heavy atom. The number of benzene rings is 1. The second kappa shape index (κ2) is 5.69. The number of hydrogen-bond acceptors (Lipinski definition) is 2. The average molecular weight is 344 g/mol. The standard InChI is InChI=1S/C16H14BrN3O/c1-11-4-3-7-20-10-14(19-16(11)20)9-15(21)18-13-6-2-5-12(17)8-13/h2-8,10H,9H2,1H3,(H,18,21). The zero-order valence-corrected chi connectivity index (χ0v) is 13.1. The first-order valence-corrected chi connectivity index (χ1v) is 7.40. The van der Waals surface area contributed by atoms with Gasteiger partial charge in [0.15, 0.2) is 0 Å². The number of carbonyl (C=O) groups excluding carboxylic acids is 1. The maximum atomic E-state index is 12.1. The van der Waals surface area contributed by atoms with E-state index in [1.54, 1.807) is 0 Å². The molecule has 5 heteroatoms. The van der Waals surface area contributed by atoms with E-state index in [2.05, 4.69) is 26.2 Å². The summed E-state index contributed by atoms with van der Waals surface area (Å²) in [4.78, 5) is 16.6. The lowest BCUT2D eigenvalue weighted by atomic mass is 10.3. The number of aromatic nitrogens is 2. The number of fused-ring (bicyclic) bond motifs is 1. The SMILES string of the molecule is Cc1cccn2cc(CC(=O)Nc3cccc(Br)c3)nc12. The van der Waals surface area contributed by atoms with Crippen LogP contribution in [0.2, 0.25) is 0 Å². The number of carbonyl (C=O) groups is 1. The van der Waals surface area contributed by atoms with E-state index < -0.39 is 0 Å². The first kappa shape index (κ1) is 13.8. The first-order chi connectivity index (χ1) is 10.1. The molecule has 4 nitrogen and oxygen atoms in total. The smallest absolute Gasteiger partial charge is 0.230 e. The molecule has 0 unspecified atom stereocenters. The summed E-state index contributed by atoms with van der Waals surface area (Å²) in [6, 6.07) is 11.5. The lowest BCUT2D eigenvalue weighted by Gasteiger charge is -2.04. The summed E-state index contributed by atoms with van der Waals surface area (Å²) in [6.07, 6.45) is 4.08. The Labute approximate surface area is 131 Å². The van der Waals surface area contributed by atoms with Crippen molar-refractivity contribution in [3.8, 4) is 0 Å². The van der Waals surface area contributed by atoms with Gasteiger partial charge in [-0.1, -0.05) is 28.1 Å². The number of imidazole rings is 1. The van der Waals surface area contributed by atoms with E-state index in [1.807, 2.05) is 60.1 Å². The Hall–Kier alpha value is -2.14. The summed E-state index contributed by atoms with van der Waals surface area (Å²) in [7, 11) is 0. The van der Waals surface area contributed by atoms with Gasteiger partial charge in [-0.15, -0.1) is 0 Å². The van der Waals surface area contributed by atoms with Crippen LogP contribution in [0.3, 0.4) is 0 Å². The Morgan fingerprint density at radius 2 is 2.19 bits per heavy atom. The number of pyridine rings is 1. The molecule has 3 aromatic rings. The van der Waals surface area contributed by atoms with E-state index in [0.29, 0.717) is 0 Å². The fourth-order valence-electron chi connectivity index (χ4n) is 2.23. The van der Waals surface area contributed by atoms with Crippen molar-refractivity contribution in [3.63, 3.8) is 0 Å². The summed E-state index contributed by atoms with van der Waals surface area (Å²) in [6.45, 7) is 2.01. The van der Waals surface area contributed by atoms with Crippen LogP contribution in [0.5, 0.6) is 0 Å². The molecular weight excluding hydrogens is 330 g/mol. The molecule has 2 aromatic heterocycles. The van der Waals surface area contributed by atoms with Crippen molar-refractivity contribution < 1.29 is 4.79 Å². The van der Waals surface area contributed by atoms with E-state index >= 15 is 0 Å². The average Bonchev–Trinajstić information content (AvgIpc) is 2.82. The van der Waals surface area contributed by atoms with Crippen molar-refractivity contribution in [2.45, 2.75) is 13.3 Å². The number of hydrogen-bond donors (Lipinski definition) is 1. The van der Waals surface area contributed by atoms with Gasteiger partial charge in [-0.3, -0.25) is 4.79 Å². The van der Waals surface area contributed by atoms with E-state index in [9.17, 15) is 4.79 Å². The van der Waals surface area contributed by atoms with Gasteiger partial charge in [-0.2, -0.15) is 0 Å². The monoisotopic (exact) mass is 343 g/mol. The molecule has 0 saturated heterocycles. The predicted molar refractivity (Wildman–Crippen MR) is 86.4 cm³/mol. The minimum Gasteiger partial charge on any atom is -0.326 e. The van der Waals surface area contributed by atoms with Crippen molar-refractivity contribution >= 4 is 33.2 Å². The first-order valence-electron chi connectivity index (χ1n) is 6.60. The van der Waals surface area contributed by atoms with Crippen LogP contribution in [0.1, 0.15) is 11.3 Å². The second-order valence-electron chi connectivity index (χ2n) is 4.89. The molecule has 3 rings (SSSR count). The summed E-state index contributed by atoms with van der Waals surface area (Å²) >= 11 is 3.38. The molecule has 0 saturated carbocycles. The number of aryl methyl sites for hydroxylation is 1. The van der Waals surface area contributed by atoms with Crippen LogP contribution in [0.4, 0.5) is 5.69 Å². The molecule has 0 spiro atoms. The van der Waals surface area contributed by atoms with E-state index in [0.717, 1.165) is 27.1 Å². The summed E-state index contributed by atoms with van der Waals surface area (Å²) in [5.41, 5.74) is 3.52. The van der Waals surface area contributed by atoms with Gasteiger partial charge in [-0.05, 0) is 36.8 Å². The van der Waals surface area contributed by atoms with E-state index in [-0.39, 0.29) is 12.3 Å². The molecule has 0 aliphatic rings. The molecular formula is C16H14BrN3O. The Balaban J connectivity index is 1.75. The molecule has 0 fully saturated rings. The molecule has 2 heterocycles. The minimum absolute atomic E-state index is 0.0749. The lowest BCUT2D eigenvalue weighted by Crippen LogP contribution is -2.14. The molecule has 0 radical (unpaired) electrons. The largest absolute Gasteiger partial charge is 0.326 e. The van der Waals surface area contributed by atoms with Crippen molar-refractivity contribution in [1.29, 1.82) is 0 Å². The fraction of sp³-hybridized carbons (Fsp3) is 0.125. The topological polar surface area (TPSA) is 46.4 Å². The van der Waals surface area contributed by atoms with Crippen LogP contribution in [0.15, 0.2) is 53.3 Å². The molecule has 0 aliphatic heterocycles. The van der Waals surface area contributed by atoms with Crippen LogP contribution < -0.4 is 5.32 Å². The van der Waals surface area contributed by atoms with Crippen molar-refractivity contribution in [2.75, 3.05) is 5.32 Å². The highest BCUT2D eigenvalue weighted by Gasteiger charge is 2.09. The van der Waals surface area contributed by atoms with Gasteiger partial charge < -0.3 is 9.72 Å². The molecule has 21 heavy (non-hydrogen) atoms. The van der Waals surface area contributed by atoms with Crippen LogP contribution >= 0.6 is 15.9 Å².